The molecule has 29 heavy (non-hydrogen) atoms. The minimum Gasteiger partial charge on any atom is -0.336 e. The second kappa shape index (κ2) is 7.67. The van der Waals surface area contributed by atoms with Gasteiger partial charge in [-0.1, -0.05) is 29.8 Å². The van der Waals surface area contributed by atoms with Gasteiger partial charge >= 0.3 is 0 Å². The molecule has 1 saturated carbocycles. The molecule has 0 saturated heterocycles. The van der Waals surface area contributed by atoms with Crippen LogP contribution in [0.15, 0.2) is 54.6 Å². The Kier molecular flexibility index (Phi) is 5.07. The molecule has 1 fully saturated rings. The van der Waals surface area contributed by atoms with E-state index in [1.54, 1.807) is 11.7 Å². The van der Waals surface area contributed by atoms with Crippen molar-refractivity contribution in [1.82, 2.24) is 14.7 Å². The lowest BCUT2D eigenvalue weighted by atomic mass is 10.2. The summed E-state index contributed by atoms with van der Waals surface area (Å²) in [7, 11) is 1.65. The maximum Gasteiger partial charge on any atom is 0.272 e. The van der Waals surface area contributed by atoms with Gasteiger partial charge in [-0.25, -0.2) is 4.68 Å². The average Bonchev–Trinajstić information content (AvgIpc) is 3.48. The SMILES string of the molecule is CN(Cc1cc([N+](=O)[O-])ccc1Cl)C(=O)c1cc(C2CC2)nn1-c1ccccc1. The third-order valence-corrected chi connectivity index (χ3v) is 5.31. The normalized spacial score (nSPS) is 13.3. The molecule has 4 rings (SSSR count). The summed E-state index contributed by atoms with van der Waals surface area (Å²) >= 11 is 6.20. The predicted molar refractivity (Wildman–Crippen MR) is 109 cm³/mol. The van der Waals surface area contributed by atoms with Crippen LogP contribution in [0.3, 0.4) is 0 Å². The molecule has 0 spiro atoms. The smallest absolute Gasteiger partial charge is 0.272 e. The van der Waals surface area contributed by atoms with Gasteiger partial charge in [0, 0.05) is 36.7 Å². The number of nitrogens with zero attached hydrogens (tertiary/aromatic N) is 4. The van der Waals surface area contributed by atoms with Crippen molar-refractivity contribution in [3.8, 4) is 5.69 Å². The largest absolute Gasteiger partial charge is 0.336 e. The Morgan fingerprint density at radius 1 is 1.24 bits per heavy atom. The number of non-ortho nitro benzene ring substituents is 1. The van der Waals surface area contributed by atoms with Crippen LogP contribution in [0.2, 0.25) is 5.02 Å². The Morgan fingerprint density at radius 2 is 1.97 bits per heavy atom. The van der Waals surface area contributed by atoms with E-state index in [-0.39, 0.29) is 18.1 Å². The van der Waals surface area contributed by atoms with E-state index < -0.39 is 4.92 Å². The van der Waals surface area contributed by atoms with E-state index in [0.29, 0.717) is 22.2 Å². The first-order chi connectivity index (χ1) is 13.9. The number of carbonyl (C=O) groups is 1. The van der Waals surface area contributed by atoms with Crippen molar-refractivity contribution >= 4 is 23.2 Å². The van der Waals surface area contributed by atoms with E-state index in [4.69, 9.17) is 11.6 Å². The van der Waals surface area contributed by atoms with Crippen molar-refractivity contribution in [2.75, 3.05) is 7.05 Å². The molecule has 1 amide bonds. The maximum absolute atomic E-state index is 13.2. The molecule has 0 bridgehead atoms. The molecule has 1 aliphatic carbocycles. The van der Waals surface area contributed by atoms with Crippen LogP contribution < -0.4 is 0 Å². The second-order valence-electron chi connectivity index (χ2n) is 7.17. The lowest BCUT2D eigenvalue weighted by Gasteiger charge is -2.18. The summed E-state index contributed by atoms with van der Waals surface area (Å²) in [5, 5.41) is 16.1. The van der Waals surface area contributed by atoms with Crippen LogP contribution in [0.5, 0.6) is 0 Å². The van der Waals surface area contributed by atoms with Crippen molar-refractivity contribution < 1.29 is 9.72 Å². The van der Waals surface area contributed by atoms with Gasteiger partial charge in [-0.05, 0) is 42.7 Å². The maximum atomic E-state index is 13.2. The van der Waals surface area contributed by atoms with Crippen molar-refractivity contribution in [2.24, 2.45) is 0 Å². The van der Waals surface area contributed by atoms with Crippen LogP contribution in [0, 0.1) is 10.1 Å². The van der Waals surface area contributed by atoms with E-state index in [2.05, 4.69) is 5.10 Å². The van der Waals surface area contributed by atoms with Crippen LogP contribution in [0.1, 0.15) is 40.5 Å². The number of rotatable bonds is 6. The zero-order valence-electron chi connectivity index (χ0n) is 15.8. The summed E-state index contributed by atoms with van der Waals surface area (Å²) in [6.45, 7) is 0.151. The molecule has 1 heterocycles. The summed E-state index contributed by atoms with van der Waals surface area (Å²) in [5.41, 5.74) is 2.64. The van der Waals surface area contributed by atoms with Crippen LogP contribution in [0.4, 0.5) is 5.69 Å². The van der Waals surface area contributed by atoms with Gasteiger partial charge in [-0.3, -0.25) is 14.9 Å². The fourth-order valence-corrected chi connectivity index (χ4v) is 3.39. The topological polar surface area (TPSA) is 81.3 Å². The van der Waals surface area contributed by atoms with Gasteiger partial charge in [0.25, 0.3) is 11.6 Å². The zero-order chi connectivity index (χ0) is 20.5. The lowest BCUT2D eigenvalue weighted by Crippen LogP contribution is -2.28. The van der Waals surface area contributed by atoms with Crippen LogP contribution in [-0.4, -0.2) is 32.6 Å². The minimum absolute atomic E-state index is 0.0596. The predicted octanol–water partition coefficient (Wildman–Crippen LogP) is 4.58. The molecular weight excluding hydrogens is 392 g/mol. The second-order valence-corrected chi connectivity index (χ2v) is 7.58. The van der Waals surface area contributed by atoms with E-state index >= 15 is 0 Å². The third kappa shape index (κ3) is 4.00. The first-order valence-corrected chi connectivity index (χ1v) is 9.65. The Labute approximate surface area is 172 Å². The molecular formula is C21H19ClN4O3. The van der Waals surface area contributed by atoms with E-state index in [0.717, 1.165) is 24.2 Å². The van der Waals surface area contributed by atoms with Gasteiger partial charge in [0.1, 0.15) is 5.69 Å². The van der Waals surface area contributed by atoms with Crippen molar-refractivity contribution in [3.63, 3.8) is 0 Å². The number of carbonyl (C=O) groups excluding carboxylic acids is 1. The van der Waals surface area contributed by atoms with Gasteiger partial charge in [0.05, 0.1) is 16.3 Å². The van der Waals surface area contributed by atoms with Crippen LogP contribution >= 0.6 is 11.6 Å². The van der Waals surface area contributed by atoms with E-state index in [9.17, 15) is 14.9 Å². The van der Waals surface area contributed by atoms with Gasteiger partial charge in [-0.15, -0.1) is 0 Å². The molecule has 0 radical (unpaired) electrons. The quantitative estimate of drug-likeness (QED) is 0.440. The fourth-order valence-electron chi connectivity index (χ4n) is 3.22. The number of hydrogen-bond donors (Lipinski definition) is 0. The molecule has 148 valence electrons. The third-order valence-electron chi connectivity index (χ3n) is 4.94. The molecule has 0 atom stereocenters. The van der Waals surface area contributed by atoms with E-state index in [1.807, 2.05) is 36.4 Å². The van der Waals surface area contributed by atoms with Gasteiger partial charge in [-0.2, -0.15) is 5.10 Å². The van der Waals surface area contributed by atoms with Gasteiger partial charge in [0.2, 0.25) is 0 Å². The standard InChI is InChI=1S/C21H19ClN4O3/c1-24(13-15-11-17(26(28)29)9-10-18(15)22)21(27)20-12-19(14-7-8-14)23-25(20)16-5-3-2-4-6-16/h2-6,9-12,14H,7-8,13H2,1H3. The molecule has 0 unspecified atom stereocenters. The Balaban J connectivity index is 1.64. The number of para-hydroxylation sites is 1. The molecule has 2 aromatic carbocycles. The molecule has 1 aromatic heterocycles. The number of halogens is 1. The first-order valence-electron chi connectivity index (χ1n) is 9.27. The van der Waals surface area contributed by atoms with Crippen molar-refractivity contribution in [1.29, 1.82) is 0 Å². The number of benzene rings is 2. The fraction of sp³-hybridized carbons (Fsp3) is 0.238. The van der Waals surface area contributed by atoms with E-state index in [1.165, 1.54) is 23.1 Å². The highest BCUT2D eigenvalue weighted by Crippen LogP contribution is 2.40. The highest BCUT2D eigenvalue weighted by Gasteiger charge is 2.30. The Hall–Kier alpha value is -3.19. The van der Waals surface area contributed by atoms with Gasteiger partial charge < -0.3 is 4.90 Å². The van der Waals surface area contributed by atoms with Gasteiger partial charge in [0.15, 0.2) is 0 Å². The minimum atomic E-state index is -0.478. The number of aromatic nitrogens is 2. The zero-order valence-corrected chi connectivity index (χ0v) is 16.5. The summed E-state index contributed by atoms with van der Waals surface area (Å²) in [4.78, 5) is 25.3. The monoisotopic (exact) mass is 410 g/mol. The van der Waals surface area contributed by atoms with Crippen LogP contribution in [-0.2, 0) is 6.54 Å². The van der Waals surface area contributed by atoms with Crippen molar-refractivity contribution in [3.05, 3.63) is 86.7 Å². The summed E-state index contributed by atoms with van der Waals surface area (Å²) < 4.78 is 1.67. The number of hydrogen-bond acceptors (Lipinski definition) is 4. The molecule has 0 aliphatic heterocycles. The number of amides is 1. The average molecular weight is 411 g/mol. The van der Waals surface area contributed by atoms with Crippen molar-refractivity contribution in [2.45, 2.75) is 25.3 Å². The number of nitro groups is 1. The molecule has 8 heteroatoms. The first kappa shape index (κ1) is 19.1. The highest BCUT2D eigenvalue weighted by molar-refractivity contribution is 6.31. The Morgan fingerprint density at radius 3 is 2.62 bits per heavy atom. The highest BCUT2D eigenvalue weighted by atomic mass is 35.5. The summed E-state index contributed by atoms with van der Waals surface area (Å²) in [5.74, 6) is 0.180. The Bertz CT molecular complexity index is 1080. The molecule has 0 N–H and O–H groups in total. The lowest BCUT2D eigenvalue weighted by molar-refractivity contribution is -0.384. The molecule has 3 aromatic rings. The molecule has 1 aliphatic rings. The summed E-state index contributed by atoms with van der Waals surface area (Å²) in [6, 6.07) is 15.6. The van der Waals surface area contributed by atoms with Crippen LogP contribution in [0.25, 0.3) is 5.69 Å². The number of nitro benzene ring substituents is 1. The molecule has 7 nitrogen and oxygen atoms in total. The summed E-state index contributed by atoms with van der Waals surface area (Å²) in [6.07, 6.45) is 2.16.